The van der Waals surface area contributed by atoms with Crippen LogP contribution in [0.2, 0.25) is 0 Å². The summed E-state index contributed by atoms with van der Waals surface area (Å²) >= 11 is 0. The van der Waals surface area contributed by atoms with E-state index in [9.17, 15) is 4.79 Å². The van der Waals surface area contributed by atoms with E-state index in [1.165, 1.54) is 7.11 Å². The van der Waals surface area contributed by atoms with Gasteiger partial charge in [-0.25, -0.2) is 4.79 Å². The van der Waals surface area contributed by atoms with Crippen molar-refractivity contribution in [3.8, 4) is 16.9 Å². The molecular formula is C15H17NO3. The van der Waals surface area contributed by atoms with Gasteiger partial charge >= 0.3 is 5.97 Å². The molecule has 2 rings (SSSR count). The summed E-state index contributed by atoms with van der Waals surface area (Å²) in [5, 5.41) is 0. The number of aryl methyl sites for hydroxylation is 1. The molecule has 2 aromatic rings. The van der Waals surface area contributed by atoms with Crippen molar-refractivity contribution in [1.29, 1.82) is 0 Å². The lowest BCUT2D eigenvalue weighted by atomic mass is 10.1. The molecule has 0 radical (unpaired) electrons. The number of ether oxygens (including phenoxy) is 2. The number of aromatic nitrogens is 1. The number of hydrogen-bond acceptors (Lipinski definition) is 3. The molecule has 0 unspecified atom stereocenters. The highest BCUT2D eigenvalue weighted by atomic mass is 16.5. The van der Waals surface area contributed by atoms with Crippen molar-refractivity contribution in [1.82, 2.24) is 4.57 Å². The van der Waals surface area contributed by atoms with E-state index in [1.807, 2.05) is 48.0 Å². The van der Waals surface area contributed by atoms with E-state index in [2.05, 4.69) is 0 Å². The molecule has 0 aliphatic heterocycles. The van der Waals surface area contributed by atoms with Crippen LogP contribution in [0, 0.1) is 0 Å². The molecule has 1 aromatic heterocycles. The number of carbonyl (C=O) groups is 1. The first-order valence-electron chi connectivity index (χ1n) is 6.12. The first-order valence-corrected chi connectivity index (χ1v) is 6.12. The highest BCUT2D eigenvalue weighted by Gasteiger charge is 2.14. The molecule has 4 heteroatoms. The molecule has 0 fully saturated rings. The van der Waals surface area contributed by atoms with Gasteiger partial charge in [0.25, 0.3) is 0 Å². The molecule has 0 amide bonds. The zero-order valence-corrected chi connectivity index (χ0v) is 11.3. The second-order valence-corrected chi connectivity index (χ2v) is 4.12. The largest absolute Gasteiger partial charge is 0.497 e. The lowest BCUT2D eigenvalue weighted by molar-refractivity contribution is 0.0588. The van der Waals surface area contributed by atoms with Gasteiger partial charge < -0.3 is 14.0 Å². The molecule has 4 nitrogen and oxygen atoms in total. The minimum absolute atomic E-state index is 0.318. The molecule has 0 atom stereocenters. The van der Waals surface area contributed by atoms with Crippen molar-refractivity contribution in [2.24, 2.45) is 0 Å². The van der Waals surface area contributed by atoms with Crippen LogP contribution in [-0.2, 0) is 11.3 Å². The normalized spacial score (nSPS) is 10.3. The first-order chi connectivity index (χ1) is 9.19. The lowest BCUT2D eigenvalue weighted by Crippen LogP contribution is -2.08. The average Bonchev–Trinajstić information content (AvgIpc) is 2.90. The Balaban J connectivity index is 2.39. The van der Waals surface area contributed by atoms with Gasteiger partial charge in [-0.05, 0) is 30.7 Å². The van der Waals surface area contributed by atoms with Crippen LogP contribution in [0.15, 0.2) is 36.5 Å². The van der Waals surface area contributed by atoms with Crippen molar-refractivity contribution < 1.29 is 14.3 Å². The molecule has 0 aliphatic rings. The van der Waals surface area contributed by atoms with E-state index in [0.717, 1.165) is 23.4 Å². The fourth-order valence-corrected chi connectivity index (χ4v) is 1.99. The number of methoxy groups -OCH3 is 2. The summed E-state index contributed by atoms with van der Waals surface area (Å²) in [4.78, 5) is 11.7. The van der Waals surface area contributed by atoms with Crippen LogP contribution in [0.3, 0.4) is 0 Å². The predicted octanol–water partition coefficient (Wildman–Crippen LogP) is 2.97. The summed E-state index contributed by atoms with van der Waals surface area (Å²) < 4.78 is 11.8. The number of nitrogens with zero attached hydrogens (tertiary/aromatic N) is 1. The highest BCUT2D eigenvalue weighted by molar-refractivity contribution is 5.89. The molecule has 100 valence electrons. The van der Waals surface area contributed by atoms with Crippen LogP contribution in [0.4, 0.5) is 0 Å². The van der Waals surface area contributed by atoms with Gasteiger partial charge in [0.05, 0.1) is 14.2 Å². The van der Waals surface area contributed by atoms with Crippen LogP contribution in [0.5, 0.6) is 5.75 Å². The Bertz CT molecular complexity index is 570. The summed E-state index contributed by atoms with van der Waals surface area (Å²) in [7, 11) is 3.03. The number of hydrogen-bond donors (Lipinski definition) is 0. The van der Waals surface area contributed by atoms with E-state index < -0.39 is 0 Å². The summed E-state index contributed by atoms with van der Waals surface area (Å²) in [6.07, 6.45) is 1.95. The summed E-state index contributed by atoms with van der Waals surface area (Å²) in [5.74, 6) is 0.494. The Morgan fingerprint density at radius 2 is 1.84 bits per heavy atom. The monoisotopic (exact) mass is 259 g/mol. The average molecular weight is 259 g/mol. The molecule has 0 saturated heterocycles. The Morgan fingerprint density at radius 3 is 2.37 bits per heavy atom. The van der Waals surface area contributed by atoms with Gasteiger partial charge in [-0.3, -0.25) is 0 Å². The van der Waals surface area contributed by atoms with Gasteiger partial charge in [0, 0.05) is 18.3 Å². The van der Waals surface area contributed by atoms with Gasteiger partial charge in [-0.2, -0.15) is 0 Å². The van der Waals surface area contributed by atoms with Crippen molar-refractivity contribution in [2.45, 2.75) is 13.5 Å². The van der Waals surface area contributed by atoms with E-state index in [4.69, 9.17) is 9.47 Å². The van der Waals surface area contributed by atoms with Crippen LogP contribution >= 0.6 is 0 Å². The van der Waals surface area contributed by atoms with Crippen LogP contribution < -0.4 is 4.74 Å². The Kier molecular flexibility index (Phi) is 3.90. The second-order valence-electron chi connectivity index (χ2n) is 4.12. The van der Waals surface area contributed by atoms with E-state index >= 15 is 0 Å². The third kappa shape index (κ3) is 2.62. The fourth-order valence-electron chi connectivity index (χ4n) is 1.99. The second kappa shape index (κ2) is 5.61. The SMILES string of the molecule is CCn1cc(-c2ccc(OC)cc2)cc1C(=O)OC. The Labute approximate surface area is 112 Å². The van der Waals surface area contributed by atoms with E-state index in [0.29, 0.717) is 5.69 Å². The molecular weight excluding hydrogens is 242 g/mol. The molecule has 0 bridgehead atoms. The maximum absolute atomic E-state index is 11.7. The van der Waals surface area contributed by atoms with Crippen molar-refractivity contribution >= 4 is 5.97 Å². The topological polar surface area (TPSA) is 40.5 Å². The van der Waals surface area contributed by atoms with Gasteiger partial charge in [0.2, 0.25) is 0 Å². The predicted molar refractivity (Wildman–Crippen MR) is 73.4 cm³/mol. The Hall–Kier alpha value is -2.23. The third-order valence-corrected chi connectivity index (χ3v) is 3.06. The summed E-state index contributed by atoms with van der Waals surface area (Å²) in [6.45, 7) is 2.71. The standard InChI is InChI=1S/C15H17NO3/c1-4-16-10-12(9-14(16)15(17)19-3)11-5-7-13(18-2)8-6-11/h5-10H,4H2,1-3H3. The van der Waals surface area contributed by atoms with Crippen LogP contribution in [0.25, 0.3) is 11.1 Å². The van der Waals surface area contributed by atoms with Crippen LogP contribution in [-0.4, -0.2) is 24.8 Å². The highest BCUT2D eigenvalue weighted by Crippen LogP contribution is 2.25. The van der Waals surface area contributed by atoms with Gasteiger partial charge in [-0.1, -0.05) is 12.1 Å². The number of carbonyl (C=O) groups excluding carboxylic acids is 1. The van der Waals surface area contributed by atoms with Crippen molar-refractivity contribution in [2.75, 3.05) is 14.2 Å². The number of benzene rings is 1. The maximum atomic E-state index is 11.7. The van der Waals surface area contributed by atoms with Crippen LogP contribution in [0.1, 0.15) is 17.4 Å². The quantitative estimate of drug-likeness (QED) is 0.792. The molecule has 0 N–H and O–H groups in total. The van der Waals surface area contributed by atoms with Gasteiger partial charge in [0.15, 0.2) is 0 Å². The zero-order valence-electron chi connectivity index (χ0n) is 11.3. The molecule has 1 heterocycles. The number of rotatable bonds is 4. The molecule has 1 aromatic carbocycles. The molecule has 0 saturated carbocycles. The van der Waals surface area contributed by atoms with Gasteiger partial charge in [0.1, 0.15) is 11.4 Å². The minimum Gasteiger partial charge on any atom is -0.497 e. The molecule has 0 spiro atoms. The zero-order chi connectivity index (χ0) is 13.8. The van der Waals surface area contributed by atoms with Crippen molar-refractivity contribution in [3.05, 3.63) is 42.2 Å². The summed E-state index contributed by atoms with van der Waals surface area (Å²) in [5.41, 5.74) is 2.60. The molecule has 0 aliphatic carbocycles. The smallest absolute Gasteiger partial charge is 0.354 e. The van der Waals surface area contributed by atoms with Gasteiger partial charge in [-0.15, -0.1) is 0 Å². The lowest BCUT2D eigenvalue weighted by Gasteiger charge is -2.02. The molecule has 19 heavy (non-hydrogen) atoms. The Morgan fingerprint density at radius 1 is 1.16 bits per heavy atom. The maximum Gasteiger partial charge on any atom is 0.354 e. The van der Waals surface area contributed by atoms with E-state index in [-0.39, 0.29) is 5.97 Å². The first kappa shape index (κ1) is 13.2. The fraction of sp³-hybridized carbons (Fsp3) is 0.267. The summed E-state index contributed by atoms with van der Waals surface area (Å²) in [6, 6.07) is 9.58. The minimum atomic E-state index is -0.318. The number of esters is 1. The third-order valence-electron chi connectivity index (χ3n) is 3.06. The van der Waals surface area contributed by atoms with E-state index in [1.54, 1.807) is 7.11 Å². The van der Waals surface area contributed by atoms with Crippen molar-refractivity contribution in [3.63, 3.8) is 0 Å².